The summed E-state index contributed by atoms with van der Waals surface area (Å²) in [4.78, 5) is 26.3. The number of halogens is 3. The van der Waals surface area contributed by atoms with Gasteiger partial charge in [0.05, 0.1) is 6.04 Å². The average Bonchev–Trinajstić information content (AvgIpc) is 2.91. The van der Waals surface area contributed by atoms with Gasteiger partial charge in [0.15, 0.2) is 0 Å². The van der Waals surface area contributed by atoms with Crippen molar-refractivity contribution in [3.8, 4) is 0 Å². The molecule has 5 nitrogen and oxygen atoms in total. The summed E-state index contributed by atoms with van der Waals surface area (Å²) < 4.78 is 39.5. The predicted octanol–water partition coefficient (Wildman–Crippen LogP) is 1.97. The fourth-order valence-corrected chi connectivity index (χ4v) is 3.90. The number of carbonyl (C=O) groups is 2. The normalized spacial score (nSPS) is 24.4. The van der Waals surface area contributed by atoms with Crippen LogP contribution in [0.15, 0.2) is 24.3 Å². The maximum atomic E-state index is 13.2. The van der Waals surface area contributed by atoms with E-state index in [1.54, 1.807) is 12.1 Å². The second kappa shape index (κ2) is 7.65. The van der Waals surface area contributed by atoms with Crippen LogP contribution in [0.25, 0.3) is 0 Å². The molecule has 2 aliphatic heterocycles. The molecule has 0 aliphatic carbocycles. The van der Waals surface area contributed by atoms with Gasteiger partial charge in [-0.1, -0.05) is 12.1 Å². The Hall–Kier alpha value is -2.09. The maximum Gasteiger partial charge on any atom is 0.325 e. The summed E-state index contributed by atoms with van der Waals surface area (Å²) in [5, 5.41) is 5.93. The number of hydrogen-bond acceptors (Lipinski definition) is 3. The van der Waals surface area contributed by atoms with Crippen molar-refractivity contribution in [2.75, 3.05) is 26.4 Å². The summed E-state index contributed by atoms with van der Waals surface area (Å²) in [6.07, 6.45) is 1.46. The molecular weight excluding hydrogens is 347 g/mol. The van der Waals surface area contributed by atoms with Crippen LogP contribution in [0.5, 0.6) is 0 Å². The highest BCUT2D eigenvalue weighted by Crippen LogP contribution is 2.36. The Bertz CT molecular complexity index is 660. The van der Waals surface area contributed by atoms with Crippen molar-refractivity contribution in [2.24, 2.45) is 5.92 Å². The van der Waals surface area contributed by atoms with E-state index in [0.717, 1.165) is 0 Å². The number of amides is 3. The van der Waals surface area contributed by atoms with Crippen molar-refractivity contribution in [3.05, 3.63) is 35.6 Å². The van der Waals surface area contributed by atoms with Gasteiger partial charge in [-0.15, -0.1) is 0 Å². The van der Waals surface area contributed by atoms with Crippen molar-refractivity contribution in [3.63, 3.8) is 0 Å². The number of benzene rings is 1. The number of piperidine rings is 1. The molecule has 0 radical (unpaired) electrons. The molecule has 1 aromatic rings. The molecule has 142 valence electrons. The minimum absolute atomic E-state index is 0.157. The Morgan fingerprint density at radius 1 is 1.12 bits per heavy atom. The second-order valence-electron chi connectivity index (χ2n) is 6.87. The summed E-state index contributed by atoms with van der Waals surface area (Å²) in [6.45, 7) is -0.883. The van der Waals surface area contributed by atoms with E-state index < -0.39 is 42.7 Å². The van der Waals surface area contributed by atoms with Crippen LogP contribution in [0.1, 0.15) is 18.4 Å². The monoisotopic (exact) mass is 369 g/mol. The first-order chi connectivity index (χ1) is 12.5. The zero-order chi connectivity index (χ0) is 18.7. The van der Waals surface area contributed by atoms with E-state index in [-0.39, 0.29) is 12.3 Å². The van der Waals surface area contributed by atoms with Gasteiger partial charge < -0.3 is 10.6 Å². The third kappa shape index (κ3) is 3.30. The fourth-order valence-electron chi connectivity index (χ4n) is 3.90. The van der Waals surface area contributed by atoms with E-state index >= 15 is 0 Å². The zero-order valence-electron chi connectivity index (χ0n) is 14.3. The molecule has 2 aliphatic rings. The Morgan fingerprint density at radius 3 is 2.31 bits per heavy atom. The number of rotatable bonds is 6. The molecule has 0 unspecified atom stereocenters. The third-order valence-corrected chi connectivity index (χ3v) is 5.30. The molecule has 0 saturated carbocycles. The largest absolute Gasteiger partial charge is 0.325 e. The summed E-state index contributed by atoms with van der Waals surface area (Å²) in [5.41, 5.74) is -0.586. The molecule has 2 fully saturated rings. The maximum absolute atomic E-state index is 13.2. The highest BCUT2D eigenvalue weighted by Gasteiger charge is 2.57. The molecule has 1 atom stereocenters. The molecule has 3 amide bonds. The fraction of sp³-hybridized carbons (Fsp3) is 0.556. The molecule has 2 saturated heterocycles. The zero-order valence-corrected chi connectivity index (χ0v) is 14.3. The van der Waals surface area contributed by atoms with Crippen LogP contribution in [0.2, 0.25) is 0 Å². The first-order valence-electron chi connectivity index (χ1n) is 8.74. The van der Waals surface area contributed by atoms with Crippen LogP contribution in [-0.4, -0.2) is 54.9 Å². The number of nitrogens with one attached hydrogen (secondary N) is 2. The summed E-state index contributed by atoms with van der Waals surface area (Å²) in [7, 11) is 0. The van der Waals surface area contributed by atoms with Crippen LogP contribution in [0.3, 0.4) is 0 Å². The van der Waals surface area contributed by atoms with Crippen molar-refractivity contribution < 1.29 is 22.8 Å². The van der Waals surface area contributed by atoms with Crippen molar-refractivity contribution in [1.29, 1.82) is 0 Å². The molecule has 2 N–H and O–H groups in total. The van der Waals surface area contributed by atoms with Crippen LogP contribution in [-0.2, 0) is 11.2 Å². The first-order valence-corrected chi connectivity index (χ1v) is 8.74. The Kier molecular flexibility index (Phi) is 5.50. The van der Waals surface area contributed by atoms with E-state index in [1.807, 2.05) is 0 Å². The quantitative estimate of drug-likeness (QED) is 0.754. The average molecular weight is 369 g/mol. The van der Waals surface area contributed by atoms with Crippen LogP contribution in [0, 0.1) is 11.7 Å². The van der Waals surface area contributed by atoms with Gasteiger partial charge in [0, 0.05) is 6.42 Å². The summed E-state index contributed by atoms with van der Waals surface area (Å²) in [5.74, 6) is -1.17. The number of imide groups is 1. The lowest BCUT2D eigenvalue weighted by molar-refractivity contribution is -0.135. The minimum atomic E-state index is -1.42. The summed E-state index contributed by atoms with van der Waals surface area (Å²) >= 11 is 0. The van der Waals surface area contributed by atoms with Gasteiger partial charge in [-0.3, -0.25) is 9.69 Å². The lowest BCUT2D eigenvalue weighted by Gasteiger charge is -2.38. The number of hydrogen-bond donors (Lipinski definition) is 2. The van der Waals surface area contributed by atoms with Gasteiger partial charge >= 0.3 is 6.03 Å². The minimum Gasteiger partial charge on any atom is -0.322 e. The molecule has 1 aromatic carbocycles. The van der Waals surface area contributed by atoms with Crippen molar-refractivity contribution >= 4 is 11.9 Å². The van der Waals surface area contributed by atoms with E-state index in [9.17, 15) is 22.8 Å². The molecule has 0 aromatic heterocycles. The van der Waals surface area contributed by atoms with Crippen LogP contribution in [0.4, 0.5) is 18.0 Å². The highest BCUT2D eigenvalue weighted by molar-refractivity contribution is 6.07. The molecule has 26 heavy (non-hydrogen) atoms. The number of urea groups is 1. The van der Waals surface area contributed by atoms with Crippen molar-refractivity contribution in [2.45, 2.75) is 30.8 Å². The van der Waals surface area contributed by atoms with Gasteiger partial charge in [0.25, 0.3) is 5.91 Å². The lowest BCUT2D eigenvalue weighted by Crippen LogP contribution is -2.57. The molecule has 0 spiro atoms. The predicted molar refractivity (Wildman–Crippen MR) is 89.5 cm³/mol. The number of alkyl halides is 2. The molecule has 0 bridgehead atoms. The smallest absolute Gasteiger partial charge is 0.322 e. The third-order valence-electron chi connectivity index (χ3n) is 5.30. The molecule has 2 heterocycles. The Labute approximate surface area is 149 Å². The van der Waals surface area contributed by atoms with E-state index in [0.29, 0.717) is 36.4 Å². The van der Waals surface area contributed by atoms with Gasteiger partial charge in [-0.2, -0.15) is 0 Å². The topological polar surface area (TPSA) is 61.4 Å². The van der Waals surface area contributed by atoms with Gasteiger partial charge in [-0.25, -0.2) is 18.0 Å². The van der Waals surface area contributed by atoms with Crippen molar-refractivity contribution in [1.82, 2.24) is 15.5 Å². The Morgan fingerprint density at radius 2 is 1.73 bits per heavy atom. The van der Waals surface area contributed by atoms with Gasteiger partial charge in [0.1, 0.15) is 24.7 Å². The van der Waals surface area contributed by atoms with Crippen LogP contribution < -0.4 is 10.6 Å². The van der Waals surface area contributed by atoms with Gasteiger partial charge in [-0.05, 0) is 49.5 Å². The molecule has 3 rings (SSSR count). The number of carbonyl (C=O) groups excluding carboxylic acids is 2. The van der Waals surface area contributed by atoms with Gasteiger partial charge in [0.2, 0.25) is 0 Å². The molecule has 8 heteroatoms. The van der Waals surface area contributed by atoms with E-state index in [4.69, 9.17) is 0 Å². The second-order valence-corrected chi connectivity index (χ2v) is 6.87. The standard InChI is InChI=1S/C18H22F3N3O2/c19-10-15(11-20)24-16(25)18(23-17(24)26,13-5-7-22-8-6-13)9-12-1-3-14(21)4-2-12/h1-4,13,15,22H,5-11H2,(H,23,26)/t18-/m1/s1. The number of nitrogens with zero attached hydrogens (tertiary/aromatic N) is 1. The highest BCUT2D eigenvalue weighted by atomic mass is 19.1. The lowest BCUT2D eigenvalue weighted by atomic mass is 9.74. The molecular formula is C18H22F3N3O2. The SMILES string of the molecule is O=C1N[C@](Cc2ccc(F)cc2)(C2CCNCC2)C(=O)N1C(CF)CF. The summed E-state index contributed by atoms with van der Waals surface area (Å²) in [6, 6.07) is 3.51. The van der Waals surface area contributed by atoms with E-state index in [1.165, 1.54) is 12.1 Å². The van der Waals surface area contributed by atoms with Crippen LogP contribution >= 0.6 is 0 Å². The van der Waals surface area contributed by atoms with E-state index in [2.05, 4.69) is 10.6 Å². The Balaban J connectivity index is 1.96. The first kappa shape index (κ1) is 18.7.